The summed E-state index contributed by atoms with van der Waals surface area (Å²) in [7, 11) is -4.47. The van der Waals surface area contributed by atoms with Crippen molar-refractivity contribution < 1.29 is 36.3 Å². The van der Waals surface area contributed by atoms with Gasteiger partial charge in [-0.2, -0.15) is 4.31 Å². The van der Waals surface area contributed by atoms with Crippen molar-refractivity contribution in [2.24, 2.45) is 0 Å². The zero-order valence-corrected chi connectivity index (χ0v) is 24.9. The molecule has 3 aliphatic rings. The molecule has 0 spiro atoms. The van der Waals surface area contributed by atoms with E-state index in [9.17, 15) is 22.4 Å². The minimum Gasteiger partial charge on any atom is -0.465 e. The zero-order chi connectivity index (χ0) is 30.1. The highest BCUT2D eigenvalue weighted by molar-refractivity contribution is 7.89. The summed E-state index contributed by atoms with van der Waals surface area (Å²) in [6.07, 6.45) is 1.70. The largest absolute Gasteiger partial charge is 0.465 e. The lowest BCUT2D eigenvalue weighted by atomic mass is 9.90. The lowest BCUT2D eigenvalue weighted by molar-refractivity contribution is -0.144. The molecule has 2 aromatic carbocycles. The van der Waals surface area contributed by atoms with E-state index in [1.54, 1.807) is 17.9 Å². The first kappa shape index (κ1) is 30.7. The van der Waals surface area contributed by atoms with Gasteiger partial charge in [-0.25, -0.2) is 22.0 Å². The van der Waals surface area contributed by atoms with Crippen molar-refractivity contribution in [2.45, 2.75) is 61.6 Å². The Labute approximate surface area is 249 Å². The van der Waals surface area contributed by atoms with Crippen molar-refractivity contribution in [1.82, 2.24) is 14.1 Å². The second kappa shape index (κ2) is 12.4. The summed E-state index contributed by atoms with van der Waals surface area (Å²) < 4.78 is 70.0. The van der Waals surface area contributed by atoms with Crippen LogP contribution in [-0.2, 0) is 24.3 Å². The van der Waals surface area contributed by atoms with Gasteiger partial charge in [0.05, 0.1) is 25.2 Å². The average molecular weight is 626 g/mol. The Balaban J connectivity index is 1.40. The van der Waals surface area contributed by atoms with E-state index >= 15 is 4.39 Å². The van der Waals surface area contributed by atoms with E-state index in [1.807, 2.05) is 4.90 Å². The first-order chi connectivity index (χ1) is 20.0. The molecule has 5 rings (SSSR count). The molecular formula is C29H34ClF2N3O6S. The molecule has 0 aromatic heterocycles. The number of carbonyl (C=O) groups excluding carboxylic acids is 2. The van der Waals surface area contributed by atoms with Crippen molar-refractivity contribution in [1.29, 1.82) is 0 Å². The van der Waals surface area contributed by atoms with Crippen LogP contribution in [0.5, 0.6) is 0 Å². The monoisotopic (exact) mass is 625 g/mol. The Morgan fingerprint density at radius 2 is 1.79 bits per heavy atom. The molecule has 0 N–H and O–H groups in total. The molecule has 9 nitrogen and oxygen atoms in total. The number of benzene rings is 2. The van der Waals surface area contributed by atoms with Crippen molar-refractivity contribution >= 4 is 33.7 Å². The Kier molecular flexibility index (Phi) is 9.08. The molecule has 0 bridgehead atoms. The van der Waals surface area contributed by atoms with E-state index in [1.165, 1.54) is 28.6 Å². The number of hydrogen-bond donors (Lipinski definition) is 0. The molecule has 13 heteroatoms. The van der Waals surface area contributed by atoms with Gasteiger partial charge in [0.15, 0.2) is 0 Å². The number of piperidine rings is 1. The summed E-state index contributed by atoms with van der Waals surface area (Å²) in [5.41, 5.74) is -0.654. The fourth-order valence-electron chi connectivity index (χ4n) is 5.97. The van der Waals surface area contributed by atoms with Gasteiger partial charge in [0, 0.05) is 31.2 Å². The predicted octanol–water partition coefficient (Wildman–Crippen LogP) is 4.75. The number of sulfonamides is 1. The van der Waals surface area contributed by atoms with Gasteiger partial charge in [0.2, 0.25) is 10.0 Å². The fourth-order valence-corrected chi connectivity index (χ4v) is 8.10. The first-order valence-corrected chi connectivity index (χ1v) is 16.0. The van der Waals surface area contributed by atoms with E-state index in [0.29, 0.717) is 70.5 Å². The topological polar surface area (TPSA) is 96.5 Å². The highest BCUT2D eigenvalue weighted by Crippen LogP contribution is 2.53. The van der Waals surface area contributed by atoms with Gasteiger partial charge in [0.25, 0.3) is 0 Å². The van der Waals surface area contributed by atoms with Gasteiger partial charge in [0.1, 0.15) is 22.1 Å². The number of nitrogens with zero attached hydrogens (tertiary/aromatic N) is 3. The summed E-state index contributed by atoms with van der Waals surface area (Å²) in [4.78, 5) is 28.1. The minimum atomic E-state index is -4.47. The maximum atomic E-state index is 15.1. The second-order valence-corrected chi connectivity index (χ2v) is 13.2. The number of halogens is 3. The summed E-state index contributed by atoms with van der Waals surface area (Å²) in [6.45, 7) is 3.77. The molecule has 2 atom stereocenters. The zero-order valence-electron chi connectivity index (χ0n) is 23.3. The molecule has 2 saturated heterocycles. The quantitative estimate of drug-likeness (QED) is 0.391. The Morgan fingerprint density at radius 1 is 1.05 bits per heavy atom. The van der Waals surface area contributed by atoms with E-state index in [4.69, 9.17) is 21.1 Å². The molecule has 2 heterocycles. The van der Waals surface area contributed by atoms with Crippen LogP contribution < -0.4 is 0 Å². The number of carbonyl (C=O) groups is 2. The van der Waals surface area contributed by atoms with Crippen LogP contribution in [0.1, 0.15) is 50.6 Å². The molecule has 42 heavy (non-hydrogen) atoms. The van der Waals surface area contributed by atoms with Crippen LogP contribution in [0.3, 0.4) is 0 Å². The molecule has 1 aliphatic carbocycles. The predicted molar refractivity (Wildman–Crippen MR) is 150 cm³/mol. The molecule has 1 amide bonds. The van der Waals surface area contributed by atoms with Gasteiger partial charge < -0.3 is 14.4 Å². The first-order valence-electron chi connectivity index (χ1n) is 14.1. The van der Waals surface area contributed by atoms with Crippen LogP contribution in [0, 0.1) is 11.6 Å². The summed E-state index contributed by atoms with van der Waals surface area (Å²) in [5, 5.41) is 0.0540. The van der Waals surface area contributed by atoms with Crippen molar-refractivity contribution in [2.75, 3.05) is 39.3 Å². The minimum absolute atomic E-state index is 0.0540. The molecule has 228 valence electrons. The number of hydrogen-bond acceptors (Lipinski definition) is 7. The Morgan fingerprint density at radius 3 is 2.43 bits per heavy atom. The van der Waals surface area contributed by atoms with Gasteiger partial charge in [-0.1, -0.05) is 23.7 Å². The highest BCUT2D eigenvalue weighted by Gasteiger charge is 2.60. The van der Waals surface area contributed by atoms with Gasteiger partial charge in [-0.05, 0) is 74.9 Å². The van der Waals surface area contributed by atoms with E-state index < -0.39 is 50.3 Å². The summed E-state index contributed by atoms with van der Waals surface area (Å²) in [5.74, 6) is -1.83. The molecular weight excluding hydrogens is 592 g/mol. The lowest BCUT2D eigenvalue weighted by Crippen LogP contribution is -2.55. The summed E-state index contributed by atoms with van der Waals surface area (Å²) in [6, 6.07) is 7.53. The highest BCUT2D eigenvalue weighted by atomic mass is 35.5. The number of amides is 1. The summed E-state index contributed by atoms with van der Waals surface area (Å²) >= 11 is 5.91. The molecule has 2 aliphatic heterocycles. The fraction of sp³-hybridized carbons (Fsp3) is 0.517. The van der Waals surface area contributed by atoms with Crippen LogP contribution in [0.25, 0.3) is 0 Å². The Bertz CT molecular complexity index is 1430. The Hall–Kier alpha value is -2.80. The van der Waals surface area contributed by atoms with Gasteiger partial charge in [-0.15, -0.1) is 0 Å². The molecule has 0 radical (unpaired) electrons. The third kappa shape index (κ3) is 6.41. The normalized spacial score (nSPS) is 22.9. The maximum absolute atomic E-state index is 15.1. The molecule has 0 unspecified atom stereocenters. The van der Waals surface area contributed by atoms with E-state index in [2.05, 4.69) is 0 Å². The molecule has 2 aromatic rings. The van der Waals surface area contributed by atoms with Gasteiger partial charge in [-0.3, -0.25) is 9.69 Å². The smallest absolute Gasteiger partial charge is 0.410 e. The third-order valence-electron chi connectivity index (χ3n) is 8.18. The number of piperazine rings is 1. The van der Waals surface area contributed by atoms with Crippen LogP contribution in [-0.4, -0.2) is 85.6 Å². The maximum Gasteiger partial charge on any atom is 0.410 e. The van der Waals surface area contributed by atoms with Crippen LogP contribution in [0.15, 0.2) is 47.4 Å². The standard InChI is InChI=1S/C29H34ClF2N3O6S/c1-2-40-27(36)19-33-13-15-34(16-14-33)28(37)41-29(11-12-29)26-8-4-7-24(20-5-3-6-22(31)17-20)35(26)42(38,39)25-10-9-21(30)18-23(25)32/h3,5-6,9-10,17-18,24,26H,2,4,7-8,11-16,19H2,1H3/t24-,26+/m0/s1. The third-order valence-corrected chi connectivity index (χ3v) is 10.4. The van der Waals surface area contributed by atoms with Crippen LogP contribution >= 0.6 is 11.6 Å². The lowest BCUT2D eigenvalue weighted by Gasteiger charge is -2.45. The van der Waals surface area contributed by atoms with Crippen molar-refractivity contribution in [3.63, 3.8) is 0 Å². The molecule has 1 saturated carbocycles. The van der Waals surface area contributed by atoms with Crippen molar-refractivity contribution in [3.8, 4) is 0 Å². The van der Waals surface area contributed by atoms with Crippen molar-refractivity contribution in [3.05, 3.63) is 64.7 Å². The number of rotatable bonds is 8. The van der Waals surface area contributed by atoms with Crippen LogP contribution in [0.4, 0.5) is 13.6 Å². The number of esters is 1. The van der Waals surface area contributed by atoms with E-state index in [-0.39, 0.29) is 17.5 Å². The molecule has 3 fully saturated rings. The SMILES string of the molecule is CCOC(=O)CN1CCN(C(=O)OC2([C@H]3CCC[C@@H](c4cccc(F)c4)N3S(=O)(=O)c3ccc(Cl)cc3F)CC2)CC1. The van der Waals surface area contributed by atoms with Gasteiger partial charge >= 0.3 is 12.1 Å². The van der Waals surface area contributed by atoms with E-state index in [0.717, 1.165) is 12.1 Å². The number of ether oxygens (including phenoxy) is 2. The van der Waals surface area contributed by atoms with Crippen LogP contribution in [0.2, 0.25) is 5.02 Å². The second-order valence-electron chi connectivity index (χ2n) is 10.9. The average Bonchev–Trinajstić information content (AvgIpc) is 3.73.